The van der Waals surface area contributed by atoms with Gasteiger partial charge in [0.2, 0.25) is 5.78 Å². The average Bonchev–Trinajstić information content (AvgIpc) is 1.78. The van der Waals surface area contributed by atoms with Crippen LogP contribution in [0, 0.1) is 0 Å². The molecule has 1 heterocycles. The predicted molar refractivity (Wildman–Crippen MR) is 503 cm³/mol. The maximum atomic E-state index is 12.7. The molecule has 27 heteroatoms. The molecular formula is C95H116Cl3N7O13S4. The molecule has 0 bridgehead atoms. The summed E-state index contributed by atoms with van der Waals surface area (Å²) in [5.41, 5.74) is 3.48. The van der Waals surface area contributed by atoms with Crippen molar-refractivity contribution in [3.63, 3.8) is 0 Å². The molecule has 0 unspecified atom stereocenters. The van der Waals surface area contributed by atoms with E-state index in [-0.39, 0.29) is 29.4 Å². The minimum atomic E-state index is -1.53. The molecule has 9 rings (SSSR count). The normalized spacial score (nSPS) is 13.0. The van der Waals surface area contributed by atoms with Gasteiger partial charge in [-0.2, -0.15) is 0 Å². The lowest BCUT2D eigenvalue weighted by Crippen LogP contribution is -2.50. The summed E-state index contributed by atoms with van der Waals surface area (Å²) in [4.78, 5) is 106. The molecule has 0 aliphatic carbocycles. The molecule has 1 saturated heterocycles. The van der Waals surface area contributed by atoms with E-state index < -0.39 is 39.0 Å². The Morgan fingerprint density at radius 3 is 1.03 bits per heavy atom. The van der Waals surface area contributed by atoms with Gasteiger partial charge in [0.15, 0.2) is 11.2 Å². The fourth-order valence-electron chi connectivity index (χ4n) is 10.9. The van der Waals surface area contributed by atoms with Crippen LogP contribution in [0.3, 0.4) is 0 Å². The quantitative estimate of drug-likeness (QED) is 0.0125. The number of ketones is 1. The van der Waals surface area contributed by atoms with Gasteiger partial charge in [0.25, 0.3) is 0 Å². The first-order valence-corrected chi connectivity index (χ1v) is 45.7. The largest absolute Gasteiger partial charge is 0.379 e. The zero-order valence-corrected chi connectivity index (χ0v) is 78.2. The molecule has 654 valence electrons. The second-order valence-electron chi connectivity index (χ2n) is 30.0. The van der Waals surface area contributed by atoms with Crippen molar-refractivity contribution in [2.45, 2.75) is 190 Å². The first-order chi connectivity index (χ1) is 58.1. The zero-order chi connectivity index (χ0) is 89.7. The lowest BCUT2D eigenvalue weighted by molar-refractivity contribution is -0.165. The van der Waals surface area contributed by atoms with Gasteiger partial charge in [0, 0.05) is 78.9 Å². The Balaban J connectivity index is 0.000000274. The maximum absolute atomic E-state index is 12.7. The third-order valence-corrected chi connectivity index (χ3v) is 23.9. The molecule has 1 aliphatic heterocycles. The summed E-state index contributed by atoms with van der Waals surface area (Å²) in [6.07, 6.45) is 8.15. The van der Waals surface area contributed by atoms with Crippen LogP contribution in [0.4, 0.5) is 0 Å². The van der Waals surface area contributed by atoms with E-state index in [9.17, 15) is 33.9 Å². The van der Waals surface area contributed by atoms with Crippen molar-refractivity contribution in [1.82, 2.24) is 9.80 Å². The van der Waals surface area contributed by atoms with Gasteiger partial charge in [-0.1, -0.05) is 246 Å². The molecule has 0 amide bonds. The number of hydrogen-bond donors (Lipinski definition) is 1. The number of halogens is 3. The number of hydrogen-bond acceptors (Lipinski definition) is 24. The van der Waals surface area contributed by atoms with Crippen LogP contribution in [-0.2, 0) is 52.9 Å². The summed E-state index contributed by atoms with van der Waals surface area (Å²) >= 11 is 24.4. The maximum Gasteiger partial charge on any atom is 0.365 e. The highest BCUT2D eigenvalue weighted by molar-refractivity contribution is 8.00. The van der Waals surface area contributed by atoms with E-state index in [0.29, 0.717) is 43.4 Å². The lowest BCUT2D eigenvalue weighted by Gasteiger charge is -2.33. The molecule has 0 atom stereocenters. The summed E-state index contributed by atoms with van der Waals surface area (Å²) in [6, 6.07) is 71.1. The van der Waals surface area contributed by atoms with Gasteiger partial charge < -0.3 is 34.0 Å². The Kier molecular flexibility index (Phi) is 46.0. The molecule has 8 aromatic rings. The molecule has 0 saturated carbocycles. The smallest absolute Gasteiger partial charge is 0.365 e. The number of methoxy groups -OCH3 is 1. The number of thioether (sulfide) groups is 4. The van der Waals surface area contributed by atoms with Crippen LogP contribution in [0.25, 0.3) is 0 Å². The molecular weight excluding hydrogens is 1680 g/mol. The monoisotopic (exact) mass is 1800 g/mol. The van der Waals surface area contributed by atoms with Crippen LogP contribution in [0.15, 0.2) is 265 Å². The Morgan fingerprint density at radius 2 is 0.721 bits per heavy atom. The second-order valence-corrected chi connectivity index (χ2v) is 36.2. The molecule has 1 N–H and O–H groups in total. The van der Waals surface area contributed by atoms with Crippen molar-refractivity contribution in [1.29, 1.82) is 0 Å². The van der Waals surface area contributed by atoms with Gasteiger partial charge in [-0.15, -0.1) is 47.0 Å². The van der Waals surface area contributed by atoms with E-state index in [1.165, 1.54) is 32.7 Å². The highest BCUT2D eigenvalue weighted by Crippen LogP contribution is 2.29. The summed E-state index contributed by atoms with van der Waals surface area (Å²) < 4.78 is 4.36. The van der Waals surface area contributed by atoms with E-state index in [4.69, 9.17) is 63.7 Å². The van der Waals surface area contributed by atoms with Gasteiger partial charge in [-0.25, -0.2) is 24.0 Å². The van der Waals surface area contributed by atoms with Crippen molar-refractivity contribution in [3.8, 4) is 0 Å². The number of carbonyl (C=O) groups is 6. The number of oxime groups is 5. The zero-order valence-electron chi connectivity index (χ0n) is 72.7. The number of benzene rings is 8. The lowest BCUT2D eigenvalue weighted by atomic mass is 10.0. The van der Waals surface area contributed by atoms with Gasteiger partial charge in [-0.3, -0.25) is 14.6 Å². The number of Topliss-reactive ketones (excluding diaryl/α,β-unsaturated/α-hetero) is 1. The van der Waals surface area contributed by atoms with Gasteiger partial charge >= 0.3 is 29.8 Å². The highest BCUT2D eigenvalue weighted by atomic mass is 35.5. The summed E-state index contributed by atoms with van der Waals surface area (Å²) in [6.45, 7) is 28.3. The molecule has 1 fully saturated rings. The third-order valence-electron chi connectivity index (χ3n) is 19.0. The predicted octanol–water partition coefficient (Wildman–Crippen LogP) is 22.6. The molecule has 20 nitrogen and oxygen atoms in total. The minimum Gasteiger partial charge on any atom is -0.379 e. The van der Waals surface area contributed by atoms with Crippen molar-refractivity contribution in [3.05, 3.63) is 267 Å². The Labute approximate surface area is 753 Å². The highest BCUT2D eigenvalue weighted by Gasteiger charge is 2.39. The third kappa shape index (κ3) is 36.6. The molecule has 1 aliphatic rings. The minimum absolute atomic E-state index is 0.191. The number of rotatable bonds is 37. The van der Waals surface area contributed by atoms with Crippen molar-refractivity contribution in [2.24, 2.45) is 25.8 Å². The first-order valence-electron chi connectivity index (χ1n) is 40.3. The number of carbonyl (C=O) groups excluding carboxylic acids is 6. The fraction of sp³-hybridized carbons (Fsp3) is 0.379. The number of aliphatic hydroxyl groups is 1. The van der Waals surface area contributed by atoms with Crippen LogP contribution < -0.4 is 0 Å². The number of likely N-dealkylation sites (tertiary alicyclic amines) is 1. The molecule has 0 radical (unpaired) electrons. The van der Waals surface area contributed by atoms with Crippen molar-refractivity contribution < 1.29 is 62.8 Å². The van der Waals surface area contributed by atoms with E-state index in [1.54, 1.807) is 80.3 Å². The second kappa shape index (κ2) is 54.1. The van der Waals surface area contributed by atoms with Crippen molar-refractivity contribution >= 4 is 146 Å². The van der Waals surface area contributed by atoms with Crippen LogP contribution in [0.5, 0.6) is 0 Å². The summed E-state index contributed by atoms with van der Waals surface area (Å²) in [5.74, 6) is -0.204. The number of likely N-dealkylation sites (N-methyl/N-ethyl adjacent to an activating group) is 1. The number of nitrogens with zero attached hydrogens (tertiary/aromatic N) is 7. The van der Waals surface area contributed by atoms with Gasteiger partial charge in [-0.05, 0) is 222 Å². The van der Waals surface area contributed by atoms with Crippen LogP contribution in [-0.4, -0.2) is 163 Å². The molecule has 0 aromatic heterocycles. The van der Waals surface area contributed by atoms with E-state index in [0.717, 1.165) is 132 Å². The standard InChI is InChI=1S/C23H27ClN2O2S.C23H29ClN2O2S.C20H22ClNO2S2.C15H19NO4.C14H19NO3/c1-23(2,26-15-6-7-16-26)22(27)28-25-21(18-8-4-3-5-9-18)14-17-29-20-12-10-19(24)11-13-20;1-5-26(6-2)23(3,4)22(27)28-25-21(18-10-8-7-9-11-18)16-17-29-20-14-12-19(24)13-15-20;1-20(2,25-3)19(23)24-22-18(15-7-5-4-6-8-15)13-14-26-17-11-9-16(21)10-12-17;1-5-12(13(17)11-9-7-6-8-10-11)16-20-14(18)15(2,3)19-4;1-4-8-12(11-9-6-5-7-10-11)15-18-13(16)14(2,3)17/h3-5,8-13H,6-7,14-17H2,1-2H3;7-15H,5-6,16-17H2,1-4H3;4-12H,13-14H2,1-3H3;6-10H,5H2,1-4H3;5-7,9-10,17H,4,8H2,1-3H3/b2*25-21+;22-18+;16-12+;15-12+. The molecule has 8 aromatic carbocycles. The van der Waals surface area contributed by atoms with E-state index >= 15 is 0 Å². The first kappa shape index (κ1) is 104. The van der Waals surface area contributed by atoms with Gasteiger partial charge in [0.1, 0.15) is 21.5 Å². The van der Waals surface area contributed by atoms with Crippen LogP contribution >= 0.6 is 81.9 Å². The molecule has 0 spiro atoms. The van der Waals surface area contributed by atoms with Crippen LogP contribution in [0.2, 0.25) is 15.1 Å². The fourth-order valence-corrected chi connectivity index (χ4v) is 14.1. The summed E-state index contributed by atoms with van der Waals surface area (Å²) in [5, 5.41) is 31.9. The van der Waals surface area contributed by atoms with Crippen LogP contribution in [0.1, 0.15) is 181 Å². The van der Waals surface area contributed by atoms with Gasteiger partial charge in [0.05, 0.1) is 22.8 Å². The SMILES string of the molecule is CC(C)(C(=O)O/N=C(\CCSc1ccc(Cl)cc1)c1ccccc1)N1CCCC1.CC/C(=N\OC(=O)C(C)(C)OC)C(=O)c1ccccc1.CCC/C(=N\OC(=O)C(C)(C)O)c1ccccc1.CCN(CC)C(C)(C)C(=O)O/N=C(\CCSc1ccc(Cl)cc1)c1ccccc1.CSC(C)(C)C(=O)O/N=C(\CCSc1ccc(Cl)cc1)c1ccccc1. The van der Waals surface area contributed by atoms with E-state index in [2.05, 4.69) is 35.6 Å². The molecule has 122 heavy (non-hydrogen) atoms. The Hall–Kier alpha value is -8.76. The van der Waals surface area contributed by atoms with Crippen molar-refractivity contribution in [2.75, 3.05) is 56.8 Å². The van der Waals surface area contributed by atoms with E-state index in [1.807, 2.05) is 269 Å². The Morgan fingerprint density at radius 1 is 0.410 bits per heavy atom. The average molecular weight is 1800 g/mol. The topological polar surface area (TPSA) is 246 Å². The summed E-state index contributed by atoms with van der Waals surface area (Å²) in [7, 11) is 1.40. The number of ether oxygens (including phenoxy) is 1. The Bertz CT molecular complexity index is 4540.